The van der Waals surface area contributed by atoms with Gasteiger partial charge in [0.25, 0.3) is 0 Å². The smallest absolute Gasteiger partial charge is 0.153 e. The number of thiophene rings is 1. The van der Waals surface area contributed by atoms with Crippen molar-refractivity contribution in [2.75, 3.05) is 12.8 Å². The zero-order chi connectivity index (χ0) is 13.2. The van der Waals surface area contributed by atoms with Crippen molar-refractivity contribution in [1.82, 2.24) is 15.2 Å². The van der Waals surface area contributed by atoms with Crippen molar-refractivity contribution in [3.8, 4) is 27.4 Å². The number of hydrogen-bond donors (Lipinski definition) is 2. The van der Waals surface area contributed by atoms with Crippen LogP contribution in [-0.2, 0) is 0 Å². The molecule has 3 rings (SSSR count). The molecule has 0 aliphatic rings. The van der Waals surface area contributed by atoms with E-state index in [1.807, 2.05) is 23.6 Å². The maximum absolute atomic E-state index is 5.97. The van der Waals surface area contributed by atoms with Crippen LogP contribution in [0.2, 0.25) is 0 Å². The number of pyridine rings is 1. The van der Waals surface area contributed by atoms with Crippen LogP contribution in [0.5, 0.6) is 5.75 Å². The van der Waals surface area contributed by atoms with E-state index in [-0.39, 0.29) is 0 Å². The van der Waals surface area contributed by atoms with Gasteiger partial charge in [-0.1, -0.05) is 0 Å². The van der Waals surface area contributed by atoms with E-state index in [2.05, 4.69) is 15.2 Å². The zero-order valence-corrected chi connectivity index (χ0v) is 11.1. The fourth-order valence-electron chi connectivity index (χ4n) is 1.97. The van der Waals surface area contributed by atoms with Crippen molar-refractivity contribution >= 4 is 17.2 Å². The van der Waals surface area contributed by atoms with Crippen molar-refractivity contribution in [3.63, 3.8) is 0 Å². The Morgan fingerprint density at radius 2 is 2.05 bits per heavy atom. The highest BCUT2D eigenvalue weighted by Crippen LogP contribution is 2.41. The molecule has 0 aromatic carbocycles. The van der Waals surface area contributed by atoms with Gasteiger partial charge in [0.05, 0.1) is 23.2 Å². The van der Waals surface area contributed by atoms with Crippen LogP contribution in [0.15, 0.2) is 36.0 Å². The van der Waals surface area contributed by atoms with E-state index in [4.69, 9.17) is 10.5 Å². The van der Waals surface area contributed by atoms with Gasteiger partial charge in [0.15, 0.2) is 5.82 Å². The largest absolute Gasteiger partial charge is 0.495 e. The number of ether oxygens (including phenoxy) is 1. The van der Waals surface area contributed by atoms with Gasteiger partial charge in [0.1, 0.15) is 5.75 Å². The molecule has 0 bridgehead atoms. The summed E-state index contributed by atoms with van der Waals surface area (Å²) in [6.07, 6.45) is 3.47. The van der Waals surface area contributed by atoms with E-state index < -0.39 is 0 Å². The molecule has 3 N–H and O–H groups in total. The summed E-state index contributed by atoms with van der Waals surface area (Å²) in [5.74, 6) is 1.28. The highest BCUT2D eigenvalue weighted by Gasteiger charge is 2.18. The fourth-order valence-corrected chi connectivity index (χ4v) is 2.83. The van der Waals surface area contributed by atoms with Gasteiger partial charge in [0.2, 0.25) is 0 Å². The number of rotatable bonds is 3. The Morgan fingerprint density at radius 3 is 2.79 bits per heavy atom. The number of aromatic amines is 1. The van der Waals surface area contributed by atoms with Crippen LogP contribution in [0, 0.1) is 0 Å². The number of nitrogen functional groups attached to an aromatic ring is 1. The van der Waals surface area contributed by atoms with E-state index in [0.717, 1.165) is 27.4 Å². The molecule has 6 heteroatoms. The predicted molar refractivity (Wildman–Crippen MR) is 76.1 cm³/mol. The molecule has 0 amide bonds. The summed E-state index contributed by atoms with van der Waals surface area (Å²) in [4.78, 5) is 5.00. The lowest BCUT2D eigenvalue weighted by Gasteiger charge is -2.04. The lowest BCUT2D eigenvalue weighted by atomic mass is 10.1. The summed E-state index contributed by atoms with van der Waals surface area (Å²) < 4.78 is 5.35. The molecule has 0 radical (unpaired) electrons. The van der Waals surface area contributed by atoms with Crippen LogP contribution in [0.25, 0.3) is 21.7 Å². The Morgan fingerprint density at radius 1 is 1.26 bits per heavy atom. The first-order valence-corrected chi connectivity index (χ1v) is 6.55. The van der Waals surface area contributed by atoms with Gasteiger partial charge in [-0.05, 0) is 29.1 Å². The Hall–Kier alpha value is -2.34. The van der Waals surface area contributed by atoms with Gasteiger partial charge in [-0.3, -0.25) is 10.1 Å². The maximum atomic E-state index is 5.97. The van der Waals surface area contributed by atoms with Gasteiger partial charge < -0.3 is 10.5 Å². The van der Waals surface area contributed by atoms with E-state index >= 15 is 0 Å². The highest BCUT2D eigenvalue weighted by atomic mass is 32.1. The molecule has 3 heterocycles. The molecule has 0 spiro atoms. The number of nitrogens with two attached hydrogens (primary N) is 1. The summed E-state index contributed by atoms with van der Waals surface area (Å²) in [7, 11) is 1.65. The third-order valence-corrected chi connectivity index (χ3v) is 3.75. The summed E-state index contributed by atoms with van der Waals surface area (Å²) in [6.45, 7) is 0. The van der Waals surface area contributed by atoms with Crippen molar-refractivity contribution in [2.24, 2.45) is 0 Å². The number of hydrogen-bond acceptors (Lipinski definition) is 5. The number of nitrogens with one attached hydrogen (secondary N) is 1. The molecule has 0 saturated carbocycles. The van der Waals surface area contributed by atoms with Crippen LogP contribution in [0.1, 0.15) is 0 Å². The quantitative estimate of drug-likeness (QED) is 0.768. The summed E-state index contributed by atoms with van der Waals surface area (Å²) in [5, 5.41) is 9.07. The van der Waals surface area contributed by atoms with E-state index in [1.54, 1.807) is 30.8 Å². The minimum Gasteiger partial charge on any atom is -0.495 e. The van der Waals surface area contributed by atoms with Gasteiger partial charge >= 0.3 is 0 Å². The molecule has 0 aliphatic carbocycles. The Labute approximate surface area is 114 Å². The second-order valence-electron chi connectivity index (χ2n) is 3.91. The average Bonchev–Trinajstić information content (AvgIpc) is 3.05. The highest BCUT2D eigenvalue weighted by molar-refractivity contribution is 7.14. The number of anilines is 1. The SMILES string of the molecule is COc1ccsc1-c1[nH]nc(N)c1-c1ccncc1. The van der Waals surface area contributed by atoms with E-state index in [1.165, 1.54) is 0 Å². The Kier molecular flexibility index (Phi) is 2.92. The molecule has 0 aliphatic heterocycles. The summed E-state index contributed by atoms with van der Waals surface area (Å²) in [6, 6.07) is 5.74. The molecule has 0 fully saturated rings. The van der Waals surface area contributed by atoms with Crippen LogP contribution in [-0.4, -0.2) is 22.3 Å². The molecule has 0 saturated heterocycles. The standard InChI is InChI=1S/C13H12N4OS/c1-18-9-4-7-19-12(9)11-10(13(14)17-16-11)8-2-5-15-6-3-8/h2-7H,1H3,(H3,14,16,17). The molecule has 3 aromatic heterocycles. The third kappa shape index (κ3) is 1.96. The molecular weight excluding hydrogens is 260 g/mol. The lowest BCUT2D eigenvalue weighted by molar-refractivity contribution is 0.418. The third-order valence-electron chi connectivity index (χ3n) is 2.84. The van der Waals surface area contributed by atoms with Crippen molar-refractivity contribution in [3.05, 3.63) is 36.0 Å². The first-order valence-electron chi connectivity index (χ1n) is 5.67. The number of methoxy groups -OCH3 is 1. The van der Waals surface area contributed by atoms with E-state index in [9.17, 15) is 0 Å². The summed E-state index contributed by atoms with van der Waals surface area (Å²) in [5.41, 5.74) is 8.70. The zero-order valence-electron chi connectivity index (χ0n) is 10.3. The predicted octanol–water partition coefficient (Wildman–Crippen LogP) is 2.79. The van der Waals surface area contributed by atoms with Crippen LogP contribution in [0.4, 0.5) is 5.82 Å². The Bertz CT molecular complexity index is 690. The van der Waals surface area contributed by atoms with Crippen LogP contribution >= 0.6 is 11.3 Å². The van der Waals surface area contributed by atoms with Crippen LogP contribution < -0.4 is 10.5 Å². The topological polar surface area (TPSA) is 76.8 Å². The van der Waals surface area contributed by atoms with Gasteiger partial charge in [-0.2, -0.15) is 5.10 Å². The maximum Gasteiger partial charge on any atom is 0.153 e. The van der Waals surface area contributed by atoms with Crippen LogP contribution in [0.3, 0.4) is 0 Å². The van der Waals surface area contributed by atoms with Crippen molar-refractivity contribution in [2.45, 2.75) is 0 Å². The molecule has 3 aromatic rings. The van der Waals surface area contributed by atoms with Crippen molar-refractivity contribution in [1.29, 1.82) is 0 Å². The minimum absolute atomic E-state index is 0.469. The molecule has 19 heavy (non-hydrogen) atoms. The van der Waals surface area contributed by atoms with Gasteiger partial charge in [-0.25, -0.2) is 0 Å². The molecule has 0 atom stereocenters. The second-order valence-corrected chi connectivity index (χ2v) is 4.83. The molecular formula is C13H12N4OS. The average molecular weight is 272 g/mol. The lowest BCUT2D eigenvalue weighted by Crippen LogP contribution is -1.89. The fraction of sp³-hybridized carbons (Fsp3) is 0.0769. The normalized spacial score (nSPS) is 10.6. The number of aromatic nitrogens is 3. The van der Waals surface area contributed by atoms with Gasteiger partial charge in [-0.15, -0.1) is 11.3 Å². The van der Waals surface area contributed by atoms with Crippen molar-refractivity contribution < 1.29 is 4.74 Å². The van der Waals surface area contributed by atoms with E-state index in [0.29, 0.717) is 5.82 Å². The number of nitrogens with zero attached hydrogens (tertiary/aromatic N) is 2. The first-order chi connectivity index (χ1) is 9.31. The first kappa shape index (κ1) is 11.7. The second kappa shape index (κ2) is 4.74. The Balaban J connectivity index is 2.20. The molecule has 96 valence electrons. The number of H-pyrrole nitrogens is 1. The summed E-state index contributed by atoms with van der Waals surface area (Å²) >= 11 is 1.58. The molecule has 5 nitrogen and oxygen atoms in total. The minimum atomic E-state index is 0.469. The van der Waals surface area contributed by atoms with Gasteiger partial charge in [0, 0.05) is 12.4 Å². The molecule has 0 unspecified atom stereocenters. The monoisotopic (exact) mass is 272 g/mol.